The summed E-state index contributed by atoms with van der Waals surface area (Å²) in [7, 11) is 0. The number of carboxylic acid groups (broad SMARTS) is 1. The van der Waals surface area contributed by atoms with Crippen LogP contribution in [0.4, 0.5) is 0 Å². The number of nitrogens with one attached hydrogen (secondary N) is 1. The van der Waals surface area contributed by atoms with Crippen molar-refractivity contribution >= 4 is 5.97 Å². The number of rotatable bonds is 9. The molecule has 0 saturated heterocycles. The van der Waals surface area contributed by atoms with E-state index in [-0.39, 0.29) is 6.04 Å². The van der Waals surface area contributed by atoms with Crippen LogP contribution in [0, 0.1) is 0 Å². The molecule has 1 unspecified atom stereocenters. The molecule has 0 bridgehead atoms. The Morgan fingerprint density at radius 3 is 2.47 bits per heavy atom. The first-order valence-corrected chi connectivity index (χ1v) is 5.49. The van der Waals surface area contributed by atoms with Gasteiger partial charge < -0.3 is 16.0 Å². The molecular formula is C10H22N2O3. The molecule has 2 atom stereocenters. The first kappa shape index (κ1) is 14.3. The van der Waals surface area contributed by atoms with Gasteiger partial charge in [-0.05, 0) is 19.3 Å². The van der Waals surface area contributed by atoms with E-state index in [0.29, 0.717) is 12.8 Å². The average molecular weight is 218 g/mol. The first-order valence-electron chi connectivity index (χ1n) is 5.49. The van der Waals surface area contributed by atoms with Crippen molar-refractivity contribution in [3.8, 4) is 0 Å². The molecular weight excluding hydrogens is 196 g/mol. The summed E-state index contributed by atoms with van der Waals surface area (Å²) >= 11 is 0. The summed E-state index contributed by atoms with van der Waals surface area (Å²) < 4.78 is 0. The van der Waals surface area contributed by atoms with E-state index in [1.165, 1.54) is 0 Å². The Bertz CT molecular complexity index is 176. The van der Waals surface area contributed by atoms with Crippen LogP contribution in [0.25, 0.3) is 0 Å². The van der Waals surface area contributed by atoms with Gasteiger partial charge in [-0.25, -0.2) is 5.48 Å². The molecule has 0 fully saturated rings. The Balaban J connectivity index is 3.65. The topological polar surface area (TPSA) is 95.6 Å². The van der Waals surface area contributed by atoms with E-state index in [2.05, 4.69) is 12.4 Å². The molecule has 0 aliphatic carbocycles. The van der Waals surface area contributed by atoms with E-state index in [0.717, 1.165) is 25.7 Å². The zero-order valence-corrected chi connectivity index (χ0v) is 9.28. The molecule has 90 valence electrons. The van der Waals surface area contributed by atoms with Gasteiger partial charge in [-0.1, -0.05) is 26.2 Å². The number of carboxylic acids is 1. The number of hydrogen-bond donors (Lipinski definition) is 4. The van der Waals surface area contributed by atoms with Gasteiger partial charge >= 0.3 is 5.97 Å². The zero-order chi connectivity index (χ0) is 11.7. The molecule has 15 heavy (non-hydrogen) atoms. The summed E-state index contributed by atoms with van der Waals surface area (Å²) in [6.45, 7) is 2.11. The van der Waals surface area contributed by atoms with Crippen LogP contribution in [0.5, 0.6) is 0 Å². The Morgan fingerprint density at radius 1 is 1.33 bits per heavy atom. The van der Waals surface area contributed by atoms with Gasteiger partial charge in [-0.15, -0.1) is 0 Å². The highest BCUT2D eigenvalue weighted by Crippen LogP contribution is 2.09. The molecule has 0 spiro atoms. The Kier molecular flexibility index (Phi) is 8.27. The number of hydroxylamine groups is 1. The summed E-state index contributed by atoms with van der Waals surface area (Å²) in [5.41, 5.74) is 7.57. The van der Waals surface area contributed by atoms with Gasteiger partial charge in [0.2, 0.25) is 0 Å². The molecule has 0 aliphatic heterocycles. The molecule has 0 amide bonds. The van der Waals surface area contributed by atoms with E-state index >= 15 is 0 Å². The maximum Gasteiger partial charge on any atom is 0.320 e. The minimum atomic E-state index is -0.986. The van der Waals surface area contributed by atoms with Gasteiger partial charge in [-0.2, -0.15) is 0 Å². The fraction of sp³-hybridized carbons (Fsp3) is 0.900. The lowest BCUT2D eigenvalue weighted by atomic mass is 10.0. The molecule has 0 heterocycles. The average Bonchev–Trinajstić information content (AvgIpc) is 2.22. The van der Waals surface area contributed by atoms with Crippen LogP contribution in [0.3, 0.4) is 0 Å². The predicted octanol–water partition coefficient (Wildman–Crippen LogP) is 1.11. The smallest absolute Gasteiger partial charge is 0.320 e. The summed E-state index contributed by atoms with van der Waals surface area (Å²) in [6, 6.07) is -0.867. The standard InChI is InChI=1S/C10H22N2O3/c1-2-3-4-5-8(12-15)6-7-9(11)10(13)14/h8-9,12,15H,2-7,11H2,1H3,(H,13,14)/t8?,9-/m0/s1. The van der Waals surface area contributed by atoms with Crippen LogP contribution < -0.4 is 11.2 Å². The fourth-order valence-corrected chi connectivity index (χ4v) is 1.42. The monoisotopic (exact) mass is 218 g/mol. The number of carbonyl (C=O) groups is 1. The van der Waals surface area contributed by atoms with Gasteiger partial charge in [-0.3, -0.25) is 4.79 Å². The third kappa shape index (κ3) is 7.30. The van der Waals surface area contributed by atoms with Gasteiger partial charge in [0.1, 0.15) is 6.04 Å². The van der Waals surface area contributed by atoms with Crippen molar-refractivity contribution in [1.82, 2.24) is 5.48 Å². The third-order valence-corrected chi connectivity index (χ3v) is 2.48. The SMILES string of the molecule is CCCCCC(CC[C@H](N)C(=O)O)NO. The number of unbranched alkanes of at least 4 members (excludes halogenated alkanes) is 2. The summed E-state index contributed by atoms with van der Waals surface area (Å²) in [6.07, 6.45) is 5.14. The molecule has 0 saturated carbocycles. The molecule has 0 radical (unpaired) electrons. The highest BCUT2D eigenvalue weighted by atomic mass is 16.5. The van der Waals surface area contributed by atoms with Crippen molar-refractivity contribution < 1.29 is 15.1 Å². The highest BCUT2D eigenvalue weighted by molar-refractivity contribution is 5.72. The molecule has 5 nitrogen and oxygen atoms in total. The van der Waals surface area contributed by atoms with E-state index < -0.39 is 12.0 Å². The Morgan fingerprint density at radius 2 is 2.00 bits per heavy atom. The van der Waals surface area contributed by atoms with Crippen LogP contribution in [0.2, 0.25) is 0 Å². The second-order valence-corrected chi connectivity index (χ2v) is 3.84. The summed E-state index contributed by atoms with van der Waals surface area (Å²) in [4.78, 5) is 10.5. The molecule has 0 aromatic carbocycles. The number of aliphatic carboxylic acids is 1. The number of nitrogens with two attached hydrogens (primary N) is 1. The normalized spacial score (nSPS) is 14.9. The number of hydrogen-bond acceptors (Lipinski definition) is 4. The maximum atomic E-state index is 10.5. The quantitative estimate of drug-likeness (QED) is 0.343. The van der Waals surface area contributed by atoms with Crippen molar-refractivity contribution in [3.63, 3.8) is 0 Å². The van der Waals surface area contributed by atoms with Crippen LogP contribution in [-0.2, 0) is 4.79 Å². The first-order chi connectivity index (χ1) is 7.11. The van der Waals surface area contributed by atoms with Crippen molar-refractivity contribution in [2.24, 2.45) is 5.73 Å². The van der Waals surface area contributed by atoms with Crippen molar-refractivity contribution in [1.29, 1.82) is 0 Å². The van der Waals surface area contributed by atoms with Gasteiger partial charge in [0.15, 0.2) is 0 Å². The Labute approximate surface area is 90.6 Å². The molecule has 5 N–H and O–H groups in total. The lowest BCUT2D eigenvalue weighted by Gasteiger charge is -2.15. The predicted molar refractivity (Wildman–Crippen MR) is 57.7 cm³/mol. The van der Waals surface area contributed by atoms with Crippen molar-refractivity contribution in [3.05, 3.63) is 0 Å². The van der Waals surface area contributed by atoms with Crippen LogP contribution in [0.1, 0.15) is 45.4 Å². The maximum absolute atomic E-state index is 10.5. The second kappa shape index (κ2) is 8.64. The van der Waals surface area contributed by atoms with E-state index in [4.69, 9.17) is 16.0 Å². The van der Waals surface area contributed by atoms with E-state index in [1.54, 1.807) is 0 Å². The van der Waals surface area contributed by atoms with Crippen molar-refractivity contribution in [2.75, 3.05) is 0 Å². The van der Waals surface area contributed by atoms with Crippen LogP contribution in [-0.4, -0.2) is 28.4 Å². The molecule has 0 rings (SSSR count). The van der Waals surface area contributed by atoms with Crippen LogP contribution >= 0.6 is 0 Å². The minimum absolute atomic E-state index is 0.0399. The fourth-order valence-electron chi connectivity index (χ4n) is 1.42. The van der Waals surface area contributed by atoms with E-state index in [1.807, 2.05) is 0 Å². The van der Waals surface area contributed by atoms with Crippen LogP contribution in [0.15, 0.2) is 0 Å². The minimum Gasteiger partial charge on any atom is -0.480 e. The van der Waals surface area contributed by atoms with E-state index in [9.17, 15) is 4.79 Å². The highest BCUT2D eigenvalue weighted by Gasteiger charge is 2.14. The lowest BCUT2D eigenvalue weighted by Crippen LogP contribution is -2.33. The summed E-state index contributed by atoms with van der Waals surface area (Å²) in [5.74, 6) is -0.986. The van der Waals surface area contributed by atoms with Crippen molar-refractivity contribution in [2.45, 2.75) is 57.5 Å². The second-order valence-electron chi connectivity index (χ2n) is 3.84. The van der Waals surface area contributed by atoms with Gasteiger partial charge in [0.25, 0.3) is 0 Å². The molecule has 0 aliphatic rings. The summed E-state index contributed by atoms with van der Waals surface area (Å²) in [5, 5.41) is 17.4. The van der Waals surface area contributed by atoms with Gasteiger partial charge in [0.05, 0.1) is 0 Å². The molecule has 0 aromatic rings. The van der Waals surface area contributed by atoms with Gasteiger partial charge in [0, 0.05) is 6.04 Å². The zero-order valence-electron chi connectivity index (χ0n) is 9.28. The molecule has 0 aromatic heterocycles. The lowest BCUT2D eigenvalue weighted by molar-refractivity contribution is -0.138. The largest absolute Gasteiger partial charge is 0.480 e. The Hall–Kier alpha value is -0.650. The molecule has 5 heteroatoms. The third-order valence-electron chi connectivity index (χ3n) is 2.48.